The van der Waals surface area contributed by atoms with Crippen molar-refractivity contribution in [2.75, 3.05) is 0 Å². The van der Waals surface area contributed by atoms with Gasteiger partial charge in [0.25, 0.3) is 15.8 Å². The van der Waals surface area contributed by atoms with E-state index in [1.807, 2.05) is 0 Å². The Morgan fingerprint density at radius 2 is 1.69 bits per heavy atom. The predicted octanol–water partition coefficient (Wildman–Crippen LogP) is 2.13. The molecule has 0 spiro atoms. The summed E-state index contributed by atoms with van der Waals surface area (Å²) >= 11 is 0. The summed E-state index contributed by atoms with van der Waals surface area (Å²) in [5, 5.41) is 7.88. The average molecular weight is 387 g/mol. The minimum absolute atomic E-state index is 0.0136. The smallest absolute Gasteiger partial charge is 0.241 e. The maximum absolute atomic E-state index is 13.1. The van der Waals surface area contributed by atoms with Crippen LogP contribution in [-0.4, -0.2) is 28.2 Å². The zero-order chi connectivity index (χ0) is 19.1. The van der Waals surface area contributed by atoms with Crippen LogP contribution in [0.1, 0.15) is 5.82 Å². The number of nitrogens with zero attached hydrogens (tertiary/aromatic N) is 4. The van der Waals surface area contributed by atoms with Gasteiger partial charge in [-0.1, -0.05) is 0 Å². The summed E-state index contributed by atoms with van der Waals surface area (Å²) in [4.78, 5) is 7.07. The summed E-state index contributed by atoms with van der Waals surface area (Å²) in [6, 6.07) is 6.79. The second kappa shape index (κ2) is 6.14. The number of nitrogens with two attached hydrogens (primary N) is 1. The van der Waals surface area contributed by atoms with Gasteiger partial charge in [-0.2, -0.15) is 13.2 Å². The Hall–Kier alpha value is -2.86. The van der Waals surface area contributed by atoms with Gasteiger partial charge in [-0.3, -0.25) is 0 Å². The Labute approximate surface area is 144 Å². The van der Waals surface area contributed by atoms with Gasteiger partial charge in [-0.25, -0.2) is 32.6 Å². The lowest BCUT2D eigenvalue weighted by atomic mass is 10.2. The molecule has 0 unspecified atom stereocenters. The number of hydrogen-bond donors (Lipinski definition) is 1. The van der Waals surface area contributed by atoms with Crippen LogP contribution in [-0.2, 0) is 16.2 Å². The highest BCUT2D eigenvalue weighted by Gasteiger charge is 2.37. The Bertz CT molecular complexity index is 1040. The van der Waals surface area contributed by atoms with Gasteiger partial charge in [0.15, 0.2) is 10.9 Å². The molecule has 3 aromatic rings. The van der Waals surface area contributed by atoms with Crippen LogP contribution in [0.2, 0.25) is 0 Å². The van der Waals surface area contributed by atoms with Gasteiger partial charge in [-0.05, 0) is 36.4 Å². The Morgan fingerprint density at radius 1 is 1.04 bits per heavy atom. The van der Waals surface area contributed by atoms with Crippen molar-refractivity contribution in [3.63, 3.8) is 0 Å². The van der Waals surface area contributed by atoms with Crippen molar-refractivity contribution in [2.45, 2.75) is 11.2 Å². The zero-order valence-electron chi connectivity index (χ0n) is 12.6. The van der Waals surface area contributed by atoms with Gasteiger partial charge in [0.05, 0.1) is 11.9 Å². The highest BCUT2D eigenvalue weighted by molar-refractivity contribution is 7.89. The zero-order valence-corrected chi connectivity index (χ0v) is 13.5. The van der Waals surface area contributed by atoms with Crippen molar-refractivity contribution in [1.82, 2.24) is 19.7 Å². The molecule has 0 aliphatic carbocycles. The maximum atomic E-state index is 13.1. The van der Waals surface area contributed by atoms with E-state index in [1.165, 1.54) is 18.2 Å². The van der Waals surface area contributed by atoms with Gasteiger partial charge < -0.3 is 0 Å². The topological polar surface area (TPSA) is 104 Å². The van der Waals surface area contributed by atoms with E-state index in [0.717, 1.165) is 29.1 Å². The molecule has 0 aliphatic heterocycles. The molecule has 12 heteroatoms. The predicted molar refractivity (Wildman–Crippen MR) is 80.9 cm³/mol. The number of pyridine rings is 1. The number of rotatable bonds is 3. The third-order valence-electron chi connectivity index (χ3n) is 3.22. The highest BCUT2D eigenvalue weighted by Crippen LogP contribution is 2.30. The lowest BCUT2D eigenvalue weighted by Gasteiger charge is -2.06. The summed E-state index contributed by atoms with van der Waals surface area (Å²) in [7, 11) is -4.06. The molecule has 0 fully saturated rings. The number of benzene rings is 1. The van der Waals surface area contributed by atoms with Crippen LogP contribution in [0.5, 0.6) is 0 Å². The minimum atomic E-state index is -4.81. The van der Waals surface area contributed by atoms with Gasteiger partial charge in [-0.15, -0.1) is 5.10 Å². The summed E-state index contributed by atoms with van der Waals surface area (Å²) in [6.07, 6.45) is -3.82. The Morgan fingerprint density at radius 3 is 2.19 bits per heavy atom. The van der Waals surface area contributed by atoms with E-state index >= 15 is 0 Å². The second-order valence-electron chi connectivity index (χ2n) is 5.08. The third kappa shape index (κ3) is 3.55. The van der Waals surface area contributed by atoms with Crippen LogP contribution in [0.25, 0.3) is 17.1 Å². The molecule has 0 saturated heterocycles. The maximum Gasteiger partial charge on any atom is 0.453 e. The first kappa shape index (κ1) is 17.9. The fourth-order valence-corrected chi connectivity index (χ4v) is 2.52. The first-order chi connectivity index (χ1) is 12.1. The van der Waals surface area contributed by atoms with Gasteiger partial charge >= 0.3 is 6.18 Å². The number of primary sulfonamides is 1. The molecule has 0 bridgehead atoms. The largest absolute Gasteiger partial charge is 0.453 e. The molecule has 2 aromatic heterocycles. The van der Waals surface area contributed by atoms with Gasteiger partial charge in [0.2, 0.25) is 0 Å². The van der Waals surface area contributed by atoms with E-state index in [2.05, 4.69) is 15.1 Å². The molecule has 0 saturated carbocycles. The summed E-state index contributed by atoms with van der Waals surface area (Å²) in [6.45, 7) is 0. The van der Waals surface area contributed by atoms with E-state index in [0.29, 0.717) is 0 Å². The number of alkyl halides is 3. The number of aromatic nitrogens is 4. The first-order valence-electron chi connectivity index (χ1n) is 6.85. The van der Waals surface area contributed by atoms with Crippen molar-refractivity contribution in [2.24, 2.45) is 5.14 Å². The summed E-state index contributed by atoms with van der Waals surface area (Å²) in [5.41, 5.74) is 0.185. The molecule has 26 heavy (non-hydrogen) atoms. The Balaban J connectivity index is 2.16. The van der Waals surface area contributed by atoms with Crippen LogP contribution in [0.15, 0.2) is 47.6 Å². The van der Waals surface area contributed by atoms with Crippen molar-refractivity contribution in [3.05, 3.63) is 54.2 Å². The Kier molecular flexibility index (Phi) is 4.24. The quantitative estimate of drug-likeness (QED) is 0.694. The lowest BCUT2D eigenvalue weighted by molar-refractivity contribution is -0.144. The fourth-order valence-electron chi connectivity index (χ4n) is 2.06. The van der Waals surface area contributed by atoms with E-state index in [4.69, 9.17) is 5.14 Å². The third-order valence-corrected chi connectivity index (χ3v) is 4.04. The molecule has 7 nitrogen and oxygen atoms in total. The van der Waals surface area contributed by atoms with E-state index in [1.54, 1.807) is 0 Å². The molecule has 136 valence electrons. The highest BCUT2D eigenvalue weighted by atomic mass is 32.2. The van der Waals surface area contributed by atoms with Crippen LogP contribution >= 0.6 is 0 Å². The van der Waals surface area contributed by atoms with Crippen molar-refractivity contribution in [3.8, 4) is 17.1 Å². The van der Waals surface area contributed by atoms with Crippen molar-refractivity contribution >= 4 is 10.0 Å². The molecule has 2 N–H and O–H groups in total. The standard InChI is InChI=1S/C14H9F4N5O2S/c15-9-3-1-8(2-4-9)12-21-13(14(16,17)18)22-23(12)10-5-6-11(20-7-10)26(19,24)25/h1-7H,(H2,19,24,25). The van der Waals surface area contributed by atoms with Gasteiger partial charge in [0, 0.05) is 5.56 Å². The van der Waals surface area contributed by atoms with Crippen LogP contribution < -0.4 is 5.14 Å². The van der Waals surface area contributed by atoms with Crippen molar-refractivity contribution in [1.29, 1.82) is 0 Å². The SMILES string of the molecule is NS(=O)(=O)c1ccc(-n2nc(C(F)(F)F)nc2-c2ccc(F)cc2)cn1. The van der Waals surface area contributed by atoms with Crippen LogP contribution in [0, 0.1) is 5.82 Å². The monoisotopic (exact) mass is 387 g/mol. The van der Waals surface area contributed by atoms with Gasteiger partial charge in [0.1, 0.15) is 5.82 Å². The number of halogens is 4. The first-order valence-corrected chi connectivity index (χ1v) is 8.40. The molecular weight excluding hydrogens is 378 g/mol. The van der Waals surface area contributed by atoms with E-state index in [-0.39, 0.29) is 17.1 Å². The van der Waals surface area contributed by atoms with Crippen molar-refractivity contribution < 1.29 is 26.0 Å². The molecule has 0 atom stereocenters. The van der Waals surface area contributed by atoms with Crippen LogP contribution in [0.3, 0.4) is 0 Å². The molecule has 3 rings (SSSR count). The second-order valence-corrected chi connectivity index (χ2v) is 6.58. The van der Waals surface area contributed by atoms with Crippen LogP contribution in [0.4, 0.5) is 17.6 Å². The number of hydrogen-bond acceptors (Lipinski definition) is 5. The molecular formula is C14H9F4N5O2S. The van der Waals surface area contributed by atoms with E-state index < -0.39 is 32.9 Å². The summed E-state index contributed by atoms with van der Waals surface area (Å²) in [5.74, 6) is -2.20. The minimum Gasteiger partial charge on any atom is -0.241 e. The molecule has 2 heterocycles. The summed E-state index contributed by atoms with van der Waals surface area (Å²) < 4.78 is 75.3. The lowest BCUT2D eigenvalue weighted by Crippen LogP contribution is -2.14. The normalized spacial score (nSPS) is 12.3. The molecule has 0 aliphatic rings. The molecule has 0 radical (unpaired) electrons. The number of sulfonamides is 1. The molecule has 1 aromatic carbocycles. The molecule has 0 amide bonds. The van der Waals surface area contributed by atoms with E-state index in [9.17, 15) is 26.0 Å². The fraction of sp³-hybridized carbons (Fsp3) is 0.0714. The average Bonchev–Trinajstić information content (AvgIpc) is 3.00.